The molecule has 0 bridgehead atoms. The number of nitrogens with one attached hydrogen (secondary N) is 1. The number of hydrazone groups is 1. The van der Waals surface area contributed by atoms with Crippen molar-refractivity contribution in [3.8, 4) is 0 Å². The van der Waals surface area contributed by atoms with Gasteiger partial charge in [0.25, 0.3) is 5.69 Å². The van der Waals surface area contributed by atoms with E-state index in [2.05, 4.69) is 25.3 Å². The van der Waals surface area contributed by atoms with Crippen LogP contribution in [-0.4, -0.2) is 72.1 Å². The number of thioether (sulfide) groups is 1. The van der Waals surface area contributed by atoms with Gasteiger partial charge in [-0.15, -0.1) is 0 Å². The van der Waals surface area contributed by atoms with Gasteiger partial charge in [-0.1, -0.05) is 24.8 Å². The Morgan fingerprint density at radius 1 is 1.39 bits per heavy atom. The zero-order valence-electron chi connectivity index (χ0n) is 17.9. The number of amides is 1. The Hall–Kier alpha value is -2.66. The number of rotatable bonds is 7. The van der Waals surface area contributed by atoms with E-state index in [0.717, 1.165) is 39.1 Å². The molecule has 0 radical (unpaired) electrons. The van der Waals surface area contributed by atoms with Gasteiger partial charge in [0.2, 0.25) is 5.91 Å². The molecule has 1 fully saturated rings. The predicted octanol–water partition coefficient (Wildman–Crippen LogP) is 1.64. The number of nitrogens with two attached hydrogens (primary N) is 1. The van der Waals surface area contributed by atoms with Gasteiger partial charge in [0, 0.05) is 63.2 Å². The Kier molecular flexibility index (Phi) is 7.85. The van der Waals surface area contributed by atoms with E-state index in [-0.39, 0.29) is 22.4 Å². The lowest BCUT2D eigenvalue weighted by molar-refractivity contribution is -0.384. The Balaban J connectivity index is 1.64. The molecule has 11 heteroatoms. The number of carbonyl (C=O) groups excluding carboxylic acids is 1. The molecule has 2 heterocycles. The van der Waals surface area contributed by atoms with Crippen LogP contribution < -0.4 is 16.1 Å². The summed E-state index contributed by atoms with van der Waals surface area (Å²) in [6.45, 7) is 6.68. The second-order valence-electron chi connectivity index (χ2n) is 7.70. The summed E-state index contributed by atoms with van der Waals surface area (Å²) in [5.74, 6) is -0.224. The molecule has 10 nitrogen and oxygen atoms in total. The van der Waals surface area contributed by atoms with Gasteiger partial charge in [-0.2, -0.15) is 5.10 Å². The quantitative estimate of drug-likeness (QED) is 0.214. The molecular formula is C20H29N7O3S. The molecule has 1 aromatic carbocycles. The van der Waals surface area contributed by atoms with Crippen molar-refractivity contribution in [3.05, 3.63) is 33.9 Å². The highest BCUT2D eigenvalue weighted by Crippen LogP contribution is 2.31. The average Bonchev–Trinajstić information content (AvgIpc) is 2.76. The van der Waals surface area contributed by atoms with Crippen molar-refractivity contribution >= 4 is 39.9 Å². The summed E-state index contributed by atoms with van der Waals surface area (Å²) in [5.41, 5.74) is 10.2. The van der Waals surface area contributed by atoms with Crippen molar-refractivity contribution in [1.29, 1.82) is 0 Å². The first-order valence-electron chi connectivity index (χ1n) is 10.4. The van der Waals surface area contributed by atoms with Gasteiger partial charge >= 0.3 is 0 Å². The summed E-state index contributed by atoms with van der Waals surface area (Å²) in [5, 5.41) is 16.5. The lowest BCUT2D eigenvalue weighted by Gasteiger charge is -2.35. The molecule has 0 saturated carbocycles. The first kappa shape index (κ1) is 23.0. The van der Waals surface area contributed by atoms with Gasteiger partial charge < -0.3 is 10.6 Å². The van der Waals surface area contributed by atoms with Crippen molar-refractivity contribution in [2.45, 2.75) is 19.8 Å². The summed E-state index contributed by atoms with van der Waals surface area (Å²) in [6, 6.07) is 5.23. The molecule has 1 aromatic rings. The van der Waals surface area contributed by atoms with Crippen molar-refractivity contribution in [2.24, 2.45) is 21.7 Å². The van der Waals surface area contributed by atoms with Gasteiger partial charge in [-0.25, -0.2) is 5.43 Å². The lowest BCUT2D eigenvalue weighted by atomic mass is 9.93. The monoisotopic (exact) mass is 447 g/mol. The highest BCUT2D eigenvalue weighted by Gasteiger charge is 2.27. The summed E-state index contributed by atoms with van der Waals surface area (Å²) in [6.07, 6.45) is 3.17. The van der Waals surface area contributed by atoms with E-state index in [0.29, 0.717) is 35.1 Å². The Morgan fingerprint density at radius 3 is 2.77 bits per heavy atom. The number of anilines is 1. The number of amidine groups is 1. The molecular weight excluding hydrogens is 418 g/mol. The molecule has 0 aliphatic carbocycles. The smallest absolute Gasteiger partial charge is 0.293 e. The van der Waals surface area contributed by atoms with Crippen molar-refractivity contribution in [2.75, 3.05) is 50.4 Å². The number of nitrogens with zero attached hydrogens (tertiary/aromatic N) is 5. The second kappa shape index (κ2) is 10.6. The third-order valence-corrected chi connectivity index (χ3v) is 6.10. The topological polar surface area (TPSA) is 129 Å². The number of aliphatic imine (C=N–C) groups is 1. The van der Waals surface area contributed by atoms with E-state index >= 15 is 0 Å². The number of hydrogen-bond donors (Lipinski definition) is 2. The second-order valence-corrected chi connectivity index (χ2v) is 8.53. The van der Waals surface area contributed by atoms with Gasteiger partial charge in [-0.05, 0) is 18.7 Å². The van der Waals surface area contributed by atoms with Crippen molar-refractivity contribution in [1.82, 2.24) is 10.3 Å². The van der Waals surface area contributed by atoms with E-state index in [1.807, 2.05) is 19.2 Å². The van der Waals surface area contributed by atoms with Crippen LogP contribution >= 0.6 is 11.8 Å². The van der Waals surface area contributed by atoms with Gasteiger partial charge in [0.15, 0.2) is 5.17 Å². The van der Waals surface area contributed by atoms with Gasteiger partial charge in [0.1, 0.15) is 5.69 Å². The van der Waals surface area contributed by atoms with Gasteiger partial charge in [-0.3, -0.25) is 24.8 Å². The zero-order chi connectivity index (χ0) is 22.4. The molecule has 3 rings (SSSR count). The Morgan fingerprint density at radius 2 is 2.13 bits per heavy atom. The van der Waals surface area contributed by atoms with Crippen LogP contribution in [0.1, 0.15) is 25.3 Å². The molecule has 0 spiro atoms. The zero-order valence-corrected chi connectivity index (χ0v) is 18.7. The van der Waals surface area contributed by atoms with E-state index in [4.69, 9.17) is 5.73 Å². The molecule has 1 saturated heterocycles. The molecule has 1 atom stereocenters. The van der Waals surface area contributed by atoms with Crippen LogP contribution in [-0.2, 0) is 4.79 Å². The summed E-state index contributed by atoms with van der Waals surface area (Å²) >= 11 is 1.45. The van der Waals surface area contributed by atoms with Crippen LogP contribution in [0.2, 0.25) is 0 Å². The fourth-order valence-electron chi connectivity index (χ4n) is 3.86. The molecule has 2 aliphatic heterocycles. The van der Waals surface area contributed by atoms with E-state index in [9.17, 15) is 14.9 Å². The molecule has 168 valence electrons. The number of carbonyl (C=O) groups is 1. The molecule has 2 aliphatic rings. The van der Waals surface area contributed by atoms with Crippen molar-refractivity contribution < 1.29 is 9.72 Å². The van der Waals surface area contributed by atoms with Crippen LogP contribution in [0.5, 0.6) is 0 Å². The van der Waals surface area contributed by atoms with Crippen LogP contribution in [0.15, 0.2) is 28.3 Å². The third kappa shape index (κ3) is 5.95. The standard InChI is InChI=1S/C20H29N7O3S/c1-14-12-18(28)23-24-19(14)15-4-5-16(17(13-15)27(29)30)26-10-8-25(9-11-26)7-3-6-22-20(21)31-2/h4-5,13-14H,3,6-12H2,1-2H3,(H2,21,22)(H,23,28). The minimum atomic E-state index is -0.341. The summed E-state index contributed by atoms with van der Waals surface area (Å²) in [7, 11) is 0. The molecule has 1 unspecified atom stereocenters. The third-order valence-electron chi connectivity index (χ3n) is 5.55. The van der Waals surface area contributed by atoms with Crippen LogP contribution in [0.25, 0.3) is 0 Å². The molecule has 0 aromatic heterocycles. The Labute approximate surface area is 186 Å². The van der Waals surface area contributed by atoms with E-state index < -0.39 is 0 Å². The highest BCUT2D eigenvalue weighted by molar-refractivity contribution is 8.13. The number of nitro groups is 1. The molecule has 3 N–H and O–H groups in total. The van der Waals surface area contributed by atoms with E-state index in [1.54, 1.807) is 12.1 Å². The van der Waals surface area contributed by atoms with E-state index in [1.165, 1.54) is 11.8 Å². The van der Waals surface area contributed by atoms with Crippen LogP contribution in [0.3, 0.4) is 0 Å². The Bertz CT molecular complexity index is 882. The normalized spacial score (nSPS) is 20.4. The van der Waals surface area contributed by atoms with Crippen LogP contribution in [0, 0.1) is 16.0 Å². The molecule has 1 amide bonds. The summed E-state index contributed by atoms with van der Waals surface area (Å²) in [4.78, 5) is 31.6. The molecule has 31 heavy (non-hydrogen) atoms. The maximum atomic E-state index is 11.8. The fourth-order valence-corrected chi connectivity index (χ4v) is 4.08. The lowest BCUT2D eigenvalue weighted by Crippen LogP contribution is -2.47. The number of nitro benzene ring substituents is 1. The fraction of sp³-hybridized carbons (Fsp3) is 0.550. The number of piperazine rings is 1. The van der Waals surface area contributed by atoms with Crippen LogP contribution in [0.4, 0.5) is 11.4 Å². The largest absolute Gasteiger partial charge is 0.379 e. The minimum absolute atomic E-state index is 0.0691. The van der Waals surface area contributed by atoms with Gasteiger partial charge in [0.05, 0.1) is 10.6 Å². The average molecular weight is 448 g/mol. The SMILES string of the molecule is CSC(N)=NCCCN1CCN(c2ccc(C3=NNC(=O)CC3C)cc2[N+](=O)[O-])CC1. The first-order chi connectivity index (χ1) is 14.9. The maximum Gasteiger partial charge on any atom is 0.293 e. The predicted molar refractivity (Wildman–Crippen MR) is 125 cm³/mol. The number of benzene rings is 1. The maximum absolute atomic E-state index is 11.8. The highest BCUT2D eigenvalue weighted by atomic mass is 32.2. The number of hydrogen-bond acceptors (Lipinski definition) is 8. The summed E-state index contributed by atoms with van der Waals surface area (Å²) < 4.78 is 0. The minimum Gasteiger partial charge on any atom is -0.379 e. The first-order valence-corrected chi connectivity index (χ1v) is 11.6. The van der Waals surface area contributed by atoms with Crippen molar-refractivity contribution in [3.63, 3.8) is 0 Å².